The molecule has 0 aromatic carbocycles. The van der Waals surface area contributed by atoms with E-state index in [1.54, 1.807) is 20.9 Å². The Morgan fingerprint density at radius 2 is 2.00 bits per heavy atom. The van der Waals surface area contributed by atoms with Crippen molar-refractivity contribution in [1.82, 2.24) is 10.2 Å². The number of nitrogens with zero attached hydrogens (tertiary/aromatic N) is 2. The van der Waals surface area contributed by atoms with Gasteiger partial charge in [-0.15, -0.1) is 0 Å². The lowest BCUT2D eigenvalue weighted by molar-refractivity contribution is 0.353. The van der Waals surface area contributed by atoms with Gasteiger partial charge in [-0.3, -0.25) is 4.99 Å². The van der Waals surface area contributed by atoms with Crippen LogP contribution in [0.5, 0.6) is 0 Å². The summed E-state index contributed by atoms with van der Waals surface area (Å²) in [6.07, 6.45) is 3.57. The second-order valence-electron chi connectivity index (χ2n) is 6.86. The molecule has 0 aromatic heterocycles. The molecule has 0 amide bonds. The standard InChI is InChI=1S/C15H31N3O2S/c1-13(2)8-6-7-9-17-14(16-5)18-10-11-21(19,20)15(3,4)12-18/h13H,6-12H2,1-5H3,(H,16,17). The summed E-state index contributed by atoms with van der Waals surface area (Å²) in [4.78, 5) is 6.35. The molecule has 1 aliphatic heterocycles. The lowest BCUT2D eigenvalue weighted by Gasteiger charge is -2.39. The number of unbranched alkanes of at least 4 members (excludes halogenated alkanes) is 1. The molecule has 21 heavy (non-hydrogen) atoms. The smallest absolute Gasteiger partial charge is 0.193 e. The van der Waals surface area contributed by atoms with Crippen LogP contribution in [-0.4, -0.2) is 56.5 Å². The first-order valence-corrected chi connectivity index (χ1v) is 9.53. The van der Waals surface area contributed by atoms with Crippen LogP contribution in [0.3, 0.4) is 0 Å². The molecule has 1 heterocycles. The highest BCUT2D eigenvalue weighted by atomic mass is 32.2. The lowest BCUT2D eigenvalue weighted by Crippen LogP contribution is -2.57. The number of hydrogen-bond acceptors (Lipinski definition) is 3. The van der Waals surface area contributed by atoms with E-state index in [2.05, 4.69) is 29.1 Å². The van der Waals surface area contributed by atoms with Gasteiger partial charge in [0.25, 0.3) is 0 Å². The summed E-state index contributed by atoms with van der Waals surface area (Å²) >= 11 is 0. The Morgan fingerprint density at radius 1 is 1.33 bits per heavy atom. The molecule has 0 aromatic rings. The van der Waals surface area contributed by atoms with Crippen LogP contribution in [0.4, 0.5) is 0 Å². The molecular formula is C15H31N3O2S. The highest BCUT2D eigenvalue weighted by Crippen LogP contribution is 2.23. The van der Waals surface area contributed by atoms with E-state index in [0.29, 0.717) is 13.1 Å². The van der Waals surface area contributed by atoms with Gasteiger partial charge in [-0.1, -0.05) is 26.7 Å². The molecule has 5 nitrogen and oxygen atoms in total. The molecule has 0 radical (unpaired) electrons. The molecule has 124 valence electrons. The van der Waals surface area contributed by atoms with Gasteiger partial charge in [0.05, 0.1) is 10.5 Å². The largest absolute Gasteiger partial charge is 0.356 e. The van der Waals surface area contributed by atoms with Crippen molar-refractivity contribution in [3.63, 3.8) is 0 Å². The zero-order valence-electron chi connectivity index (χ0n) is 14.1. The third-order valence-electron chi connectivity index (χ3n) is 4.05. The summed E-state index contributed by atoms with van der Waals surface area (Å²) in [6, 6.07) is 0. The maximum absolute atomic E-state index is 12.0. The van der Waals surface area contributed by atoms with Crippen molar-refractivity contribution < 1.29 is 8.42 Å². The molecule has 6 heteroatoms. The summed E-state index contributed by atoms with van der Waals surface area (Å²) in [7, 11) is -1.24. The van der Waals surface area contributed by atoms with Gasteiger partial charge in [0.1, 0.15) is 0 Å². The predicted molar refractivity (Wildman–Crippen MR) is 89.5 cm³/mol. The second kappa shape index (κ2) is 7.47. The van der Waals surface area contributed by atoms with E-state index in [1.165, 1.54) is 12.8 Å². The van der Waals surface area contributed by atoms with Crippen molar-refractivity contribution in [3.8, 4) is 0 Å². The fraction of sp³-hybridized carbons (Fsp3) is 0.933. The minimum atomic E-state index is -3.00. The predicted octanol–water partition coefficient (Wildman–Crippen LogP) is 1.90. The van der Waals surface area contributed by atoms with Gasteiger partial charge < -0.3 is 10.2 Å². The van der Waals surface area contributed by atoms with Crippen LogP contribution in [0.25, 0.3) is 0 Å². The van der Waals surface area contributed by atoms with E-state index in [-0.39, 0.29) is 5.75 Å². The van der Waals surface area contributed by atoms with Gasteiger partial charge in [0.2, 0.25) is 0 Å². The first-order valence-electron chi connectivity index (χ1n) is 7.87. The molecule has 1 rings (SSSR count). The molecule has 0 bridgehead atoms. The first-order chi connectivity index (χ1) is 9.69. The molecule has 0 spiro atoms. The van der Waals surface area contributed by atoms with Crippen molar-refractivity contribution in [3.05, 3.63) is 0 Å². The Balaban J connectivity index is 2.47. The maximum atomic E-state index is 12.0. The van der Waals surface area contributed by atoms with Crippen molar-refractivity contribution in [2.45, 2.75) is 51.7 Å². The van der Waals surface area contributed by atoms with E-state index >= 15 is 0 Å². The highest BCUT2D eigenvalue weighted by molar-refractivity contribution is 7.92. The van der Waals surface area contributed by atoms with Crippen LogP contribution < -0.4 is 5.32 Å². The monoisotopic (exact) mass is 317 g/mol. The van der Waals surface area contributed by atoms with Crippen LogP contribution in [0.15, 0.2) is 4.99 Å². The number of nitrogens with one attached hydrogen (secondary N) is 1. The maximum Gasteiger partial charge on any atom is 0.193 e. The van der Waals surface area contributed by atoms with Gasteiger partial charge in [0.15, 0.2) is 15.8 Å². The Bertz CT molecular complexity index is 456. The van der Waals surface area contributed by atoms with Crippen LogP contribution in [0, 0.1) is 5.92 Å². The summed E-state index contributed by atoms with van der Waals surface area (Å²) in [5.41, 5.74) is 0. The van der Waals surface area contributed by atoms with Crippen molar-refractivity contribution in [1.29, 1.82) is 0 Å². The molecule has 0 unspecified atom stereocenters. The van der Waals surface area contributed by atoms with Gasteiger partial charge in [-0.2, -0.15) is 0 Å². The molecule has 1 N–H and O–H groups in total. The fourth-order valence-electron chi connectivity index (χ4n) is 2.53. The third-order valence-corrected chi connectivity index (χ3v) is 6.58. The second-order valence-corrected chi connectivity index (χ2v) is 9.61. The third kappa shape index (κ3) is 5.16. The molecule has 0 atom stereocenters. The van der Waals surface area contributed by atoms with E-state index < -0.39 is 14.6 Å². The number of sulfone groups is 1. The van der Waals surface area contributed by atoms with Gasteiger partial charge in [-0.05, 0) is 26.2 Å². The SMILES string of the molecule is CN=C(NCCCCC(C)C)N1CCS(=O)(=O)C(C)(C)C1. The lowest BCUT2D eigenvalue weighted by atomic mass is 10.1. The van der Waals surface area contributed by atoms with E-state index in [4.69, 9.17) is 0 Å². The molecule has 0 aliphatic carbocycles. The van der Waals surface area contributed by atoms with Crippen molar-refractivity contribution in [2.75, 3.05) is 32.4 Å². The van der Waals surface area contributed by atoms with Gasteiger partial charge >= 0.3 is 0 Å². The Labute approximate surface area is 130 Å². The fourth-order valence-corrected chi connectivity index (χ4v) is 3.90. The highest BCUT2D eigenvalue weighted by Gasteiger charge is 2.40. The topological polar surface area (TPSA) is 61.8 Å². The Kier molecular flexibility index (Phi) is 6.50. The first kappa shape index (κ1) is 18.3. The minimum absolute atomic E-state index is 0.202. The zero-order valence-corrected chi connectivity index (χ0v) is 15.0. The average molecular weight is 317 g/mol. The van der Waals surface area contributed by atoms with E-state index in [1.807, 2.05) is 0 Å². The van der Waals surface area contributed by atoms with E-state index in [9.17, 15) is 8.42 Å². The quantitative estimate of drug-likeness (QED) is 0.478. The molecule has 0 saturated carbocycles. The van der Waals surface area contributed by atoms with Crippen molar-refractivity contribution >= 4 is 15.8 Å². The Hall–Kier alpha value is -0.780. The molecule has 1 aliphatic rings. The normalized spacial score (nSPS) is 21.6. The summed E-state index contributed by atoms with van der Waals surface area (Å²) in [5, 5.41) is 3.36. The average Bonchev–Trinajstić information content (AvgIpc) is 2.37. The summed E-state index contributed by atoms with van der Waals surface area (Å²) in [5.74, 6) is 1.77. The van der Waals surface area contributed by atoms with Gasteiger partial charge in [-0.25, -0.2) is 8.42 Å². The van der Waals surface area contributed by atoms with Crippen LogP contribution >= 0.6 is 0 Å². The van der Waals surface area contributed by atoms with Crippen molar-refractivity contribution in [2.24, 2.45) is 10.9 Å². The molecule has 1 fully saturated rings. The minimum Gasteiger partial charge on any atom is -0.356 e. The Morgan fingerprint density at radius 3 is 2.52 bits per heavy atom. The van der Waals surface area contributed by atoms with Crippen LogP contribution in [0.1, 0.15) is 47.0 Å². The van der Waals surface area contributed by atoms with E-state index in [0.717, 1.165) is 24.8 Å². The number of rotatable bonds is 5. The summed E-state index contributed by atoms with van der Waals surface area (Å²) in [6.45, 7) is 9.99. The number of guanidine groups is 1. The van der Waals surface area contributed by atoms with Crippen LogP contribution in [-0.2, 0) is 9.84 Å². The zero-order chi connectivity index (χ0) is 16.1. The number of aliphatic imine (C=N–C) groups is 1. The summed E-state index contributed by atoms with van der Waals surface area (Å²) < 4.78 is 23.4. The molecular weight excluding hydrogens is 286 g/mol. The van der Waals surface area contributed by atoms with Crippen LogP contribution in [0.2, 0.25) is 0 Å². The molecule has 1 saturated heterocycles. The van der Waals surface area contributed by atoms with Gasteiger partial charge in [0, 0.05) is 26.7 Å². The number of hydrogen-bond donors (Lipinski definition) is 1.